The molecule has 11 nitrogen and oxygen atoms in total. The van der Waals surface area contributed by atoms with Gasteiger partial charge in [-0.3, -0.25) is 19.7 Å². The standard InChI is InChI=1S/C29H30N4O7S/c1-29(2)12-18-23(19(34)13-29)22(16-10-20(38-3)25(40-5)21(11-16)39-4)24-26(30-18)31-28(32-27(24)35)41-14-15-6-8-17(9-7-15)33(36)37/h6-11,22H,12-14H2,1-5H3,(H2,30,31,32,35)/t22-/m1/s1. The van der Waals surface area contributed by atoms with E-state index >= 15 is 0 Å². The second-order valence-corrected chi connectivity index (χ2v) is 11.7. The van der Waals surface area contributed by atoms with Crippen LogP contribution in [-0.4, -0.2) is 42.0 Å². The normalized spacial score (nSPS) is 17.3. The van der Waals surface area contributed by atoms with Crippen molar-refractivity contribution in [1.82, 2.24) is 9.97 Å². The Morgan fingerprint density at radius 2 is 1.71 bits per heavy atom. The summed E-state index contributed by atoms with van der Waals surface area (Å²) in [5.41, 5.74) is 2.44. The molecule has 2 aliphatic rings. The minimum Gasteiger partial charge on any atom is -0.493 e. The minimum absolute atomic E-state index is 0.00938. The van der Waals surface area contributed by atoms with Crippen molar-refractivity contribution in [3.8, 4) is 17.2 Å². The first kappa shape index (κ1) is 28.2. The Morgan fingerprint density at radius 3 is 2.29 bits per heavy atom. The van der Waals surface area contributed by atoms with E-state index in [2.05, 4.69) is 10.3 Å². The van der Waals surface area contributed by atoms with Gasteiger partial charge < -0.3 is 24.5 Å². The SMILES string of the molecule is COc1cc([C@@H]2C3=C(CC(C)(C)CC3=O)Nc3nc(SCc4ccc([N+](=O)[O-])cc4)[nH]c(=O)c32)cc(OC)c1OC. The fourth-order valence-electron chi connectivity index (χ4n) is 5.43. The molecule has 0 unspecified atom stereocenters. The molecule has 0 saturated carbocycles. The monoisotopic (exact) mass is 578 g/mol. The Bertz CT molecular complexity index is 1600. The second-order valence-electron chi connectivity index (χ2n) is 10.7. The third-order valence-corrected chi connectivity index (χ3v) is 8.19. The molecule has 0 radical (unpaired) electrons. The molecule has 41 heavy (non-hydrogen) atoms. The van der Waals surface area contributed by atoms with Crippen molar-refractivity contribution < 1.29 is 23.9 Å². The Balaban J connectivity index is 1.60. The van der Waals surface area contributed by atoms with Crippen molar-refractivity contribution >= 4 is 29.1 Å². The zero-order valence-electron chi connectivity index (χ0n) is 23.3. The first-order valence-electron chi connectivity index (χ1n) is 12.9. The number of fused-ring (bicyclic) bond motifs is 1. The van der Waals surface area contributed by atoms with Crippen molar-refractivity contribution in [2.75, 3.05) is 26.6 Å². The number of aromatic nitrogens is 2. The van der Waals surface area contributed by atoms with Crippen LogP contribution in [-0.2, 0) is 10.5 Å². The molecular formula is C29H30N4O7S. The van der Waals surface area contributed by atoms with Gasteiger partial charge in [-0.1, -0.05) is 37.7 Å². The van der Waals surface area contributed by atoms with E-state index in [0.29, 0.717) is 63.5 Å². The number of nitro groups is 1. The van der Waals surface area contributed by atoms with E-state index in [4.69, 9.17) is 19.2 Å². The number of benzene rings is 2. The number of thioether (sulfide) groups is 1. The molecular weight excluding hydrogens is 548 g/mol. The Hall–Kier alpha value is -4.32. The number of H-pyrrole nitrogens is 1. The van der Waals surface area contributed by atoms with Crippen LogP contribution in [0.3, 0.4) is 0 Å². The molecule has 5 rings (SSSR count). The van der Waals surface area contributed by atoms with Crippen LogP contribution in [0.1, 0.15) is 49.3 Å². The average molecular weight is 579 g/mol. The second kappa shape index (κ2) is 10.9. The molecule has 12 heteroatoms. The van der Waals surface area contributed by atoms with Crippen LogP contribution in [0.5, 0.6) is 17.2 Å². The molecule has 2 N–H and O–H groups in total. The van der Waals surface area contributed by atoms with E-state index < -0.39 is 10.8 Å². The molecule has 1 aromatic heterocycles. The zero-order valence-corrected chi connectivity index (χ0v) is 24.1. The Kier molecular flexibility index (Phi) is 7.52. The molecule has 0 saturated heterocycles. The Labute approximate surface area is 240 Å². The van der Waals surface area contributed by atoms with E-state index in [9.17, 15) is 19.7 Å². The number of carbonyl (C=O) groups is 1. The van der Waals surface area contributed by atoms with Gasteiger partial charge in [0.2, 0.25) is 5.75 Å². The third-order valence-electron chi connectivity index (χ3n) is 7.24. The molecule has 1 aliphatic carbocycles. The lowest BCUT2D eigenvalue weighted by molar-refractivity contribution is -0.384. The lowest BCUT2D eigenvalue weighted by Crippen LogP contribution is -2.37. The number of aromatic amines is 1. The van der Waals surface area contributed by atoms with Gasteiger partial charge in [-0.25, -0.2) is 4.98 Å². The summed E-state index contributed by atoms with van der Waals surface area (Å²) in [5, 5.41) is 14.7. The number of ether oxygens (including phenoxy) is 3. The molecule has 1 aliphatic heterocycles. The Morgan fingerprint density at radius 1 is 1.05 bits per heavy atom. The number of nitrogens with zero attached hydrogens (tertiary/aromatic N) is 2. The van der Waals surface area contributed by atoms with Crippen molar-refractivity contribution in [3.05, 3.63) is 84.8 Å². The predicted molar refractivity (Wildman–Crippen MR) is 154 cm³/mol. The van der Waals surface area contributed by atoms with Gasteiger partial charge in [-0.05, 0) is 35.1 Å². The molecule has 0 amide bonds. The third kappa shape index (κ3) is 5.39. The van der Waals surface area contributed by atoms with Gasteiger partial charge in [-0.2, -0.15) is 0 Å². The summed E-state index contributed by atoms with van der Waals surface area (Å²) in [6.45, 7) is 4.08. The summed E-state index contributed by atoms with van der Waals surface area (Å²) in [4.78, 5) is 45.4. The van der Waals surface area contributed by atoms with Crippen LogP contribution in [0.15, 0.2) is 57.6 Å². The molecule has 0 spiro atoms. The van der Waals surface area contributed by atoms with Crippen LogP contribution in [0, 0.1) is 15.5 Å². The summed E-state index contributed by atoms with van der Waals surface area (Å²) in [5.74, 6) is 1.30. The molecule has 2 aromatic carbocycles. The van der Waals surface area contributed by atoms with E-state index in [-0.39, 0.29) is 22.4 Å². The lowest BCUT2D eigenvalue weighted by atomic mass is 9.69. The average Bonchev–Trinajstić information content (AvgIpc) is 2.93. The fraction of sp³-hybridized carbons (Fsp3) is 0.345. The fourth-order valence-corrected chi connectivity index (χ4v) is 6.25. The van der Waals surface area contributed by atoms with E-state index in [0.717, 1.165) is 11.3 Å². The number of hydrogen-bond donors (Lipinski definition) is 2. The predicted octanol–water partition coefficient (Wildman–Crippen LogP) is 5.20. The van der Waals surface area contributed by atoms with Gasteiger partial charge in [0.15, 0.2) is 22.4 Å². The van der Waals surface area contributed by atoms with Gasteiger partial charge in [0, 0.05) is 41.5 Å². The molecule has 0 fully saturated rings. The van der Waals surface area contributed by atoms with Crippen LogP contribution in [0.25, 0.3) is 0 Å². The minimum atomic E-state index is -0.705. The highest BCUT2D eigenvalue weighted by Gasteiger charge is 2.43. The first-order chi connectivity index (χ1) is 19.5. The molecule has 3 aromatic rings. The highest BCUT2D eigenvalue weighted by Crippen LogP contribution is 2.50. The first-order valence-corrected chi connectivity index (χ1v) is 13.9. The van der Waals surface area contributed by atoms with Gasteiger partial charge in [0.25, 0.3) is 11.2 Å². The molecule has 1 atom stereocenters. The van der Waals surface area contributed by atoms with E-state index in [1.165, 1.54) is 45.2 Å². The van der Waals surface area contributed by atoms with Gasteiger partial charge in [0.1, 0.15) is 5.82 Å². The number of allylic oxidation sites excluding steroid dienone is 2. The number of Topliss-reactive ketones (excluding diaryl/α,β-unsaturated/α-hetero) is 1. The summed E-state index contributed by atoms with van der Waals surface area (Å²) in [7, 11) is 4.54. The lowest BCUT2D eigenvalue weighted by Gasteiger charge is -2.38. The number of carbonyl (C=O) groups excluding carboxylic acids is 1. The highest BCUT2D eigenvalue weighted by atomic mass is 32.2. The molecule has 0 bridgehead atoms. The van der Waals surface area contributed by atoms with Crippen molar-refractivity contribution in [1.29, 1.82) is 0 Å². The zero-order chi connectivity index (χ0) is 29.5. The van der Waals surface area contributed by atoms with Crippen LogP contribution in [0.4, 0.5) is 11.5 Å². The smallest absolute Gasteiger partial charge is 0.269 e. The largest absolute Gasteiger partial charge is 0.493 e. The maximum absolute atomic E-state index is 13.7. The van der Waals surface area contributed by atoms with Crippen LogP contribution < -0.4 is 25.1 Å². The number of anilines is 1. The van der Waals surface area contributed by atoms with Crippen LogP contribution in [0.2, 0.25) is 0 Å². The summed E-state index contributed by atoms with van der Waals surface area (Å²) in [6, 6.07) is 9.75. The summed E-state index contributed by atoms with van der Waals surface area (Å²) >= 11 is 1.30. The van der Waals surface area contributed by atoms with E-state index in [1.807, 2.05) is 13.8 Å². The quantitative estimate of drug-likeness (QED) is 0.158. The number of hydrogen-bond acceptors (Lipinski definition) is 10. The highest BCUT2D eigenvalue weighted by molar-refractivity contribution is 7.98. The van der Waals surface area contributed by atoms with Crippen molar-refractivity contribution in [2.24, 2.45) is 5.41 Å². The summed E-state index contributed by atoms with van der Waals surface area (Å²) in [6.07, 6.45) is 0.951. The van der Waals surface area contributed by atoms with Gasteiger partial charge in [-0.15, -0.1) is 0 Å². The number of methoxy groups -OCH3 is 3. The van der Waals surface area contributed by atoms with Crippen LogP contribution >= 0.6 is 11.8 Å². The van der Waals surface area contributed by atoms with Gasteiger partial charge in [0.05, 0.1) is 31.8 Å². The van der Waals surface area contributed by atoms with E-state index in [1.54, 1.807) is 24.3 Å². The van der Waals surface area contributed by atoms with Crippen molar-refractivity contribution in [3.63, 3.8) is 0 Å². The number of rotatable bonds is 8. The number of non-ortho nitro benzene ring substituents is 1. The van der Waals surface area contributed by atoms with Gasteiger partial charge >= 0.3 is 0 Å². The number of nitro benzene ring substituents is 1. The maximum atomic E-state index is 13.7. The number of nitrogens with one attached hydrogen (secondary N) is 2. The van der Waals surface area contributed by atoms with Crippen molar-refractivity contribution in [2.45, 2.75) is 43.5 Å². The summed E-state index contributed by atoms with van der Waals surface area (Å²) < 4.78 is 16.6. The number of ketones is 1. The maximum Gasteiger partial charge on any atom is 0.269 e. The molecule has 214 valence electrons. The topological polar surface area (TPSA) is 146 Å². The molecule has 2 heterocycles.